The standard InChI is InChI=1S/C21H23N3O3/c1-2-24(13-17-15-25-18-10-6-7-11-19(18)26-17)14-21-23-22-20(27-21)12-16-8-4-3-5-9-16/h3-11,17H,2,12-15H2,1H3. The molecule has 1 atom stereocenters. The highest BCUT2D eigenvalue weighted by Gasteiger charge is 2.23. The second-order valence-corrected chi connectivity index (χ2v) is 6.58. The second kappa shape index (κ2) is 8.22. The normalized spacial score (nSPS) is 15.9. The maximum Gasteiger partial charge on any atom is 0.230 e. The minimum absolute atomic E-state index is 0.0217. The monoisotopic (exact) mass is 365 g/mol. The summed E-state index contributed by atoms with van der Waals surface area (Å²) in [6.07, 6.45) is 0.627. The Morgan fingerprint density at radius 2 is 1.70 bits per heavy atom. The molecule has 1 aliphatic heterocycles. The van der Waals surface area contributed by atoms with E-state index in [0.29, 0.717) is 31.4 Å². The molecule has 140 valence electrons. The number of benzene rings is 2. The molecule has 0 bridgehead atoms. The van der Waals surface area contributed by atoms with Crippen LogP contribution in [0.25, 0.3) is 0 Å². The second-order valence-electron chi connectivity index (χ2n) is 6.58. The highest BCUT2D eigenvalue weighted by Crippen LogP contribution is 2.31. The smallest absolute Gasteiger partial charge is 0.230 e. The Labute approximate surface area is 158 Å². The van der Waals surface area contributed by atoms with E-state index in [-0.39, 0.29) is 6.10 Å². The van der Waals surface area contributed by atoms with Crippen LogP contribution in [0.15, 0.2) is 59.0 Å². The Morgan fingerprint density at radius 3 is 2.52 bits per heavy atom. The number of nitrogens with zero attached hydrogens (tertiary/aromatic N) is 3. The number of aromatic nitrogens is 2. The van der Waals surface area contributed by atoms with Gasteiger partial charge in [0.25, 0.3) is 0 Å². The maximum atomic E-state index is 6.05. The first-order chi connectivity index (χ1) is 13.3. The van der Waals surface area contributed by atoms with Crippen LogP contribution < -0.4 is 9.47 Å². The van der Waals surface area contributed by atoms with Crippen LogP contribution in [-0.2, 0) is 13.0 Å². The van der Waals surface area contributed by atoms with Crippen molar-refractivity contribution in [3.8, 4) is 11.5 Å². The lowest BCUT2D eigenvalue weighted by Crippen LogP contribution is -2.40. The minimum atomic E-state index is -0.0217. The van der Waals surface area contributed by atoms with Gasteiger partial charge in [-0.05, 0) is 24.2 Å². The van der Waals surface area contributed by atoms with Crippen molar-refractivity contribution >= 4 is 0 Å². The van der Waals surface area contributed by atoms with Crippen molar-refractivity contribution in [2.24, 2.45) is 0 Å². The molecular formula is C21H23N3O3. The number of ether oxygens (including phenoxy) is 2. The molecule has 1 aromatic heterocycles. The molecule has 0 spiro atoms. The number of rotatable bonds is 7. The lowest BCUT2D eigenvalue weighted by atomic mass is 10.2. The third-order valence-electron chi connectivity index (χ3n) is 4.54. The third-order valence-corrected chi connectivity index (χ3v) is 4.54. The molecule has 2 aromatic carbocycles. The summed E-state index contributed by atoms with van der Waals surface area (Å²) in [5.74, 6) is 2.87. The molecule has 27 heavy (non-hydrogen) atoms. The predicted molar refractivity (Wildman–Crippen MR) is 101 cm³/mol. The number of fused-ring (bicyclic) bond motifs is 1. The van der Waals surface area contributed by atoms with Crippen molar-refractivity contribution in [3.63, 3.8) is 0 Å². The van der Waals surface area contributed by atoms with Crippen molar-refractivity contribution in [1.29, 1.82) is 0 Å². The van der Waals surface area contributed by atoms with Gasteiger partial charge in [-0.1, -0.05) is 49.4 Å². The number of hydrogen-bond donors (Lipinski definition) is 0. The summed E-state index contributed by atoms with van der Waals surface area (Å²) in [5, 5.41) is 8.37. The van der Waals surface area contributed by atoms with Gasteiger partial charge >= 0.3 is 0 Å². The van der Waals surface area contributed by atoms with E-state index >= 15 is 0 Å². The quantitative estimate of drug-likeness (QED) is 0.640. The molecule has 2 heterocycles. The van der Waals surface area contributed by atoms with Crippen LogP contribution in [0.3, 0.4) is 0 Å². The molecule has 3 aromatic rings. The zero-order chi connectivity index (χ0) is 18.5. The zero-order valence-corrected chi connectivity index (χ0v) is 15.4. The molecule has 0 fully saturated rings. The zero-order valence-electron chi connectivity index (χ0n) is 15.4. The van der Waals surface area contributed by atoms with Crippen LogP contribution in [0.4, 0.5) is 0 Å². The van der Waals surface area contributed by atoms with Crippen LogP contribution in [0, 0.1) is 0 Å². The molecule has 0 aliphatic carbocycles. The van der Waals surface area contributed by atoms with Crippen LogP contribution in [-0.4, -0.2) is 40.9 Å². The highest BCUT2D eigenvalue weighted by molar-refractivity contribution is 5.40. The fourth-order valence-corrected chi connectivity index (χ4v) is 3.13. The number of para-hydroxylation sites is 2. The summed E-state index contributed by atoms with van der Waals surface area (Å²) in [7, 11) is 0. The van der Waals surface area contributed by atoms with E-state index < -0.39 is 0 Å². The number of likely N-dealkylation sites (N-methyl/N-ethyl adjacent to an activating group) is 1. The summed E-state index contributed by atoms with van der Waals surface area (Å²) in [4.78, 5) is 2.22. The molecule has 6 nitrogen and oxygen atoms in total. The molecule has 0 N–H and O–H groups in total. The van der Waals surface area contributed by atoms with Gasteiger partial charge in [0, 0.05) is 6.54 Å². The van der Waals surface area contributed by atoms with Crippen molar-refractivity contribution in [2.45, 2.75) is 26.0 Å². The van der Waals surface area contributed by atoms with Crippen LogP contribution in [0.1, 0.15) is 24.3 Å². The van der Waals surface area contributed by atoms with E-state index in [2.05, 4.69) is 34.2 Å². The SMILES string of the molecule is CCN(Cc1nnc(Cc2ccccc2)o1)CC1COc2ccccc2O1. The van der Waals surface area contributed by atoms with Gasteiger partial charge in [0.15, 0.2) is 11.5 Å². The van der Waals surface area contributed by atoms with Gasteiger partial charge in [0.1, 0.15) is 12.7 Å². The summed E-state index contributed by atoms with van der Waals surface area (Å²) in [6.45, 7) is 4.84. The van der Waals surface area contributed by atoms with E-state index in [0.717, 1.165) is 30.2 Å². The van der Waals surface area contributed by atoms with E-state index in [1.807, 2.05) is 42.5 Å². The van der Waals surface area contributed by atoms with Gasteiger partial charge in [0.2, 0.25) is 11.8 Å². The van der Waals surface area contributed by atoms with E-state index in [9.17, 15) is 0 Å². The van der Waals surface area contributed by atoms with Gasteiger partial charge < -0.3 is 13.9 Å². The van der Waals surface area contributed by atoms with E-state index in [1.165, 1.54) is 0 Å². The summed E-state index contributed by atoms with van der Waals surface area (Å²) >= 11 is 0. The topological polar surface area (TPSA) is 60.6 Å². The summed E-state index contributed by atoms with van der Waals surface area (Å²) in [5.41, 5.74) is 1.16. The van der Waals surface area contributed by atoms with Crippen molar-refractivity contribution in [3.05, 3.63) is 71.9 Å². The van der Waals surface area contributed by atoms with Crippen LogP contribution in [0.5, 0.6) is 11.5 Å². The van der Waals surface area contributed by atoms with Gasteiger partial charge in [-0.2, -0.15) is 0 Å². The molecule has 6 heteroatoms. The van der Waals surface area contributed by atoms with Gasteiger partial charge in [-0.3, -0.25) is 4.90 Å². The fourth-order valence-electron chi connectivity index (χ4n) is 3.13. The van der Waals surface area contributed by atoms with Gasteiger partial charge in [-0.25, -0.2) is 0 Å². The van der Waals surface area contributed by atoms with Crippen molar-refractivity contribution in [1.82, 2.24) is 15.1 Å². The first-order valence-electron chi connectivity index (χ1n) is 9.26. The third kappa shape index (κ3) is 4.46. The average molecular weight is 365 g/mol. The molecule has 0 radical (unpaired) electrons. The lowest BCUT2D eigenvalue weighted by molar-refractivity contribution is 0.0556. The predicted octanol–water partition coefficient (Wildman–Crippen LogP) is 3.32. The summed E-state index contributed by atoms with van der Waals surface area (Å²) in [6, 6.07) is 17.9. The maximum absolute atomic E-state index is 6.05. The Balaban J connectivity index is 1.34. The minimum Gasteiger partial charge on any atom is -0.486 e. The molecule has 4 rings (SSSR count). The molecular weight excluding hydrogens is 342 g/mol. The van der Waals surface area contributed by atoms with E-state index in [4.69, 9.17) is 13.9 Å². The largest absolute Gasteiger partial charge is 0.486 e. The lowest BCUT2D eigenvalue weighted by Gasteiger charge is -2.30. The van der Waals surface area contributed by atoms with Gasteiger partial charge in [0.05, 0.1) is 13.0 Å². The first kappa shape index (κ1) is 17.5. The van der Waals surface area contributed by atoms with Crippen molar-refractivity contribution in [2.75, 3.05) is 19.7 Å². The molecule has 0 saturated carbocycles. The molecule has 1 aliphatic rings. The van der Waals surface area contributed by atoms with Crippen LogP contribution in [0.2, 0.25) is 0 Å². The Bertz CT molecular complexity index is 866. The van der Waals surface area contributed by atoms with Crippen molar-refractivity contribution < 1.29 is 13.9 Å². The molecule has 0 saturated heterocycles. The average Bonchev–Trinajstić information content (AvgIpc) is 3.15. The van der Waals surface area contributed by atoms with Crippen LogP contribution >= 0.6 is 0 Å². The number of hydrogen-bond acceptors (Lipinski definition) is 6. The Kier molecular flexibility index (Phi) is 5.34. The molecule has 0 amide bonds. The van der Waals surface area contributed by atoms with E-state index in [1.54, 1.807) is 0 Å². The fraction of sp³-hybridized carbons (Fsp3) is 0.333. The Hall–Kier alpha value is -2.86. The highest BCUT2D eigenvalue weighted by atomic mass is 16.6. The summed E-state index contributed by atoms with van der Waals surface area (Å²) < 4.78 is 17.7. The molecule has 1 unspecified atom stereocenters. The Morgan fingerprint density at radius 1 is 0.963 bits per heavy atom. The van der Waals surface area contributed by atoms with Gasteiger partial charge in [-0.15, -0.1) is 10.2 Å². The first-order valence-corrected chi connectivity index (χ1v) is 9.26.